The number of aryl methyl sites for hydroxylation is 1. The number of allylic oxidation sites excluding steroid dienone is 1. The maximum Gasteiger partial charge on any atom is 0.422 e. The summed E-state index contributed by atoms with van der Waals surface area (Å²) >= 11 is 0. The molecule has 1 aromatic heterocycles. The molecular formula is C22H19F3N4O3. The minimum absolute atomic E-state index is 0.0196. The summed E-state index contributed by atoms with van der Waals surface area (Å²) in [4.78, 5) is 18.0. The standard InChI is InChI=1S/C22H19F3N4O3/c1-11-9-28-21(32-10-22(23,24)25)16-7-15(20(27)30)12(2)29(18(11)16)17-4-3-13(8-26)14-5-6-31-19(14)17/h3-4,9H,5-7,10H2,1-2H3,(H2,27,30). The van der Waals surface area contributed by atoms with Gasteiger partial charge in [0.1, 0.15) is 5.75 Å². The second-order valence-corrected chi connectivity index (χ2v) is 7.57. The molecular weight excluding hydrogens is 425 g/mol. The van der Waals surface area contributed by atoms with E-state index in [1.165, 1.54) is 6.20 Å². The predicted octanol–water partition coefficient (Wildman–Crippen LogP) is 3.59. The highest BCUT2D eigenvalue weighted by Crippen LogP contribution is 2.49. The topological polar surface area (TPSA) is 101 Å². The molecule has 0 bridgehead atoms. The Morgan fingerprint density at radius 1 is 1.34 bits per heavy atom. The van der Waals surface area contributed by atoms with Crippen LogP contribution in [0, 0.1) is 18.3 Å². The number of hydrogen-bond donors (Lipinski definition) is 1. The Balaban J connectivity index is 1.94. The third-order valence-electron chi connectivity index (χ3n) is 5.51. The minimum Gasteiger partial charge on any atom is -0.491 e. The van der Waals surface area contributed by atoms with Crippen LogP contribution >= 0.6 is 0 Å². The first-order valence-corrected chi connectivity index (χ1v) is 9.79. The molecule has 1 aromatic carbocycles. The molecule has 0 saturated carbocycles. The maximum atomic E-state index is 12.8. The van der Waals surface area contributed by atoms with Gasteiger partial charge in [-0.15, -0.1) is 0 Å². The van der Waals surface area contributed by atoms with Gasteiger partial charge in [0.15, 0.2) is 6.61 Å². The summed E-state index contributed by atoms with van der Waals surface area (Å²) in [5, 5.41) is 9.43. The Labute approximate surface area is 181 Å². The second kappa shape index (κ2) is 7.75. The van der Waals surface area contributed by atoms with Crippen LogP contribution in [0.5, 0.6) is 11.6 Å². The van der Waals surface area contributed by atoms with Gasteiger partial charge in [-0.2, -0.15) is 18.4 Å². The zero-order chi connectivity index (χ0) is 23.2. The predicted molar refractivity (Wildman–Crippen MR) is 109 cm³/mol. The van der Waals surface area contributed by atoms with Crippen LogP contribution in [0.1, 0.15) is 29.2 Å². The summed E-state index contributed by atoms with van der Waals surface area (Å²) in [5.74, 6) is -0.424. The van der Waals surface area contributed by atoms with Gasteiger partial charge in [0, 0.05) is 41.4 Å². The zero-order valence-corrected chi connectivity index (χ0v) is 17.3. The van der Waals surface area contributed by atoms with Crippen molar-refractivity contribution in [3.05, 3.63) is 51.9 Å². The van der Waals surface area contributed by atoms with Crippen molar-refractivity contribution in [2.75, 3.05) is 18.1 Å². The van der Waals surface area contributed by atoms with Crippen molar-refractivity contribution in [1.29, 1.82) is 5.26 Å². The summed E-state index contributed by atoms with van der Waals surface area (Å²) < 4.78 is 49.2. The molecule has 0 aliphatic carbocycles. The molecule has 2 aliphatic heterocycles. The average Bonchev–Trinajstić information content (AvgIpc) is 3.22. The molecule has 0 spiro atoms. The number of pyridine rings is 1. The van der Waals surface area contributed by atoms with Gasteiger partial charge in [0.2, 0.25) is 11.8 Å². The van der Waals surface area contributed by atoms with Gasteiger partial charge < -0.3 is 20.1 Å². The number of nitrogens with zero attached hydrogens (tertiary/aromatic N) is 3. The molecule has 0 atom stereocenters. The molecule has 0 fully saturated rings. The molecule has 1 amide bonds. The number of carbonyl (C=O) groups is 1. The number of halogens is 3. The van der Waals surface area contributed by atoms with Gasteiger partial charge in [0.05, 0.1) is 29.6 Å². The lowest BCUT2D eigenvalue weighted by Crippen LogP contribution is -2.30. The summed E-state index contributed by atoms with van der Waals surface area (Å²) in [5.41, 5.74) is 9.66. The van der Waals surface area contributed by atoms with Gasteiger partial charge in [0.25, 0.3) is 0 Å². The Morgan fingerprint density at radius 2 is 2.09 bits per heavy atom. The third kappa shape index (κ3) is 3.60. The third-order valence-corrected chi connectivity index (χ3v) is 5.51. The number of carbonyl (C=O) groups excluding carboxylic acids is 1. The largest absolute Gasteiger partial charge is 0.491 e. The summed E-state index contributed by atoms with van der Waals surface area (Å²) in [6, 6.07) is 5.49. The van der Waals surface area contributed by atoms with E-state index >= 15 is 0 Å². The number of ether oxygens (including phenoxy) is 2. The number of anilines is 2. The van der Waals surface area contributed by atoms with E-state index < -0.39 is 18.7 Å². The minimum atomic E-state index is -4.55. The van der Waals surface area contributed by atoms with E-state index in [2.05, 4.69) is 11.1 Å². The number of nitriles is 1. The first-order valence-electron chi connectivity index (χ1n) is 9.79. The molecule has 7 nitrogen and oxygen atoms in total. The fourth-order valence-corrected chi connectivity index (χ4v) is 4.11. The van der Waals surface area contributed by atoms with Crippen LogP contribution in [0.4, 0.5) is 24.5 Å². The molecule has 2 N–H and O–H groups in total. The molecule has 0 saturated heterocycles. The number of hydrogen-bond acceptors (Lipinski definition) is 6. The molecule has 0 radical (unpaired) electrons. The summed E-state index contributed by atoms with van der Waals surface area (Å²) in [6.07, 6.45) is -2.60. The zero-order valence-electron chi connectivity index (χ0n) is 17.3. The fraction of sp³-hybridized carbons (Fsp3) is 0.318. The number of primary amides is 1. The lowest BCUT2D eigenvalue weighted by molar-refractivity contribution is -0.154. The molecule has 32 heavy (non-hydrogen) atoms. The van der Waals surface area contributed by atoms with Crippen molar-refractivity contribution >= 4 is 17.3 Å². The van der Waals surface area contributed by atoms with Crippen molar-refractivity contribution in [2.24, 2.45) is 5.73 Å². The van der Waals surface area contributed by atoms with E-state index in [-0.39, 0.29) is 17.9 Å². The van der Waals surface area contributed by atoms with Gasteiger partial charge >= 0.3 is 6.18 Å². The van der Waals surface area contributed by atoms with Gasteiger partial charge in [-0.3, -0.25) is 4.79 Å². The van der Waals surface area contributed by atoms with E-state index in [0.717, 1.165) is 5.56 Å². The van der Waals surface area contributed by atoms with Crippen LogP contribution in [-0.4, -0.2) is 30.3 Å². The lowest BCUT2D eigenvalue weighted by Gasteiger charge is -2.35. The van der Waals surface area contributed by atoms with Crippen molar-refractivity contribution in [2.45, 2.75) is 32.9 Å². The van der Waals surface area contributed by atoms with Crippen LogP contribution in [-0.2, 0) is 17.6 Å². The van der Waals surface area contributed by atoms with Crippen LogP contribution in [0.3, 0.4) is 0 Å². The fourth-order valence-electron chi connectivity index (χ4n) is 4.11. The van der Waals surface area contributed by atoms with E-state index in [1.54, 1.807) is 30.9 Å². The highest BCUT2D eigenvalue weighted by Gasteiger charge is 2.35. The Hall–Kier alpha value is -3.74. The summed E-state index contributed by atoms with van der Waals surface area (Å²) in [6.45, 7) is 2.35. The van der Waals surface area contributed by atoms with E-state index in [0.29, 0.717) is 52.5 Å². The quantitative estimate of drug-likeness (QED) is 0.774. The smallest absolute Gasteiger partial charge is 0.422 e. The van der Waals surface area contributed by atoms with E-state index in [9.17, 15) is 23.2 Å². The average molecular weight is 444 g/mol. The first-order chi connectivity index (χ1) is 15.1. The SMILES string of the molecule is CC1=C(C(N)=O)Cc2c(OCC(F)(F)F)ncc(C)c2N1c1ccc(C#N)c2c1OCC2. The number of rotatable bonds is 4. The molecule has 166 valence electrons. The van der Waals surface area contributed by atoms with Crippen LogP contribution in [0.2, 0.25) is 0 Å². The normalized spacial score (nSPS) is 15.1. The van der Waals surface area contributed by atoms with Crippen molar-refractivity contribution < 1.29 is 27.4 Å². The first kappa shape index (κ1) is 21.5. The number of fused-ring (bicyclic) bond motifs is 2. The second-order valence-electron chi connectivity index (χ2n) is 7.57. The monoisotopic (exact) mass is 444 g/mol. The Morgan fingerprint density at radius 3 is 2.75 bits per heavy atom. The van der Waals surface area contributed by atoms with Crippen LogP contribution in [0.25, 0.3) is 0 Å². The summed E-state index contributed by atoms with van der Waals surface area (Å²) in [7, 11) is 0. The Bertz CT molecular complexity index is 1200. The van der Waals surface area contributed by atoms with Crippen molar-refractivity contribution in [3.63, 3.8) is 0 Å². The van der Waals surface area contributed by atoms with E-state index in [1.807, 2.05) is 0 Å². The van der Waals surface area contributed by atoms with Gasteiger partial charge in [-0.1, -0.05) is 0 Å². The van der Waals surface area contributed by atoms with Crippen molar-refractivity contribution in [1.82, 2.24) is 4.98 Å². The number of nitrogens with two attached hydrogens (primary N) is 1. The van der Waals surface area contributed by atoms with Gasteiger partial charge in [-0.25, -0.2) is 4.98 Å². The molecule has 10 heteroatoms. The Kier molecular flexibility index (Phi) is 5.20. The van der Waals surface area contributed by atoms with Crippen LogP contribution < -0.4 is 20.1 Å². The number of aromatic nitrogens is 1. The highest BCUT2D eigenvalue weighted by atomic mass is 19.4. The molecule has 2 aromatic rings. The molecule has 0 unspecified atom stereocenters. The van der Waals surface area contributed by atoms with E-state index in [4.69, 9.17) is 15.2 Å². The van der Waals surface area contributed by atoms with Crippen molar-refractivity contribution in [3.8, 4) is 17.7 Å². The molecule has 2 aliphatic rings. The lowest BCUT2D eigenvalue weighted by atomic mass is 9.93. The highest BCUT2D eigenvalue weighted by molar-refractivity contribution is 5.97. The number of amides is 1. The maximum absolute atomic E-state index is 12.8. The molecule has 3 heterocycles. The van der Waals surface area contributed by atoms with Gasteiger partial charge in [-0.05, 0) is 31.5 Å². The number of benzene rings is 1. The molecule has 4 rings (SSSR count). The number of alkyl halides is 3. The van der Waals surface area contributed by atoms with Crippen LogP contribution in [0.15, 0.2) is 29.6 Å².